The molecule has 0 radical (unpaired) electrons. The third-order valence-electron chi connectivity index (χ3n) is 5.02. The molecule has 158 valence electrons. The zero-order valence-electron chi connectivity index (χ0n) is 16.4. The lowest BCUT2D eigenvalue weighted by Crippen LogP contribution is -2.47. The third-order valence-corrected chi connectivity index (χ3v) is 5.02. The van der Waals surface area contributed by atoms with E-state index < -0.39 is 17.5 Å². The summed E-state index contributed by atoms with van der Waals surface area (Å²) >= 11 is 0. The molecule has 0 unspecified atom stereocenters. The van der Waals surface area contributed by atoms with Crippen molar-refractivity contribution in [2.45, 2.75) is 25.3 Å². The fourth-order valence-electron chi connectivity index (χ4n) is 3.34. The summed E-state index contributed by atoms with van der Waals surface area (Å²) in [5.41, 5.74) is 0.336. The van der Waals surface area contributed by atoms with Crippen molar-refractivity contribution in [3.8, 4) is 0 Å². The summed E-state index contributed by atoms with van der Waals surface area (Å²) in [7, 11) is 0. The Morgan fingerprint density at radius 1 is 0.967 bits per heavy atom. The van der Waals surface area contributed by atoms with Crippen molar-refractivity contribution in [2.75, 3.05) is 19.6 Å². The van der Waals surface area contributed by atoms with Crippen molar-refractivity contribution in [3.63, 3.8) is 0 Å². The molecule has 1 aliphatic rings. The molecule has 0 spiro atoms. The van der Waals surface area contributed by atoms with Crippen molar-refractivity contribution in [1.82, 2.24) is 15.5 Å². The van der Waals surface area contributed by atoms with Crippen molar-refractivity contribution < 1.29 is 23.2 Å². The van der Waals surface area contributed by atoms with Crippen LogP contribution in [0.5, 0.6) is 0 Å². The van der Waals surface area contributed by atoms with E-state index in [0.717, 1.165) is 12.1 Å². The van der Waals surface area contributed by atoms with Crippen LogP contribution in [-0.2, 0) is 4.79 Å². The monoisotopic (exact) mass is 415 g/mol. The number of carbonyl (C=O) groups is 3. The van der Waals surface area contributed by atoms with Crippen molar-refractivity contribution in [3.05, 3.63) is 71.3 Å². The molecule has 0 atom stereocenters. The molecule has 1 heterocycles. The zero-order valence-corrected chi connectivity index (χ0v) is 16.4. The largest absolute Gasteiger partial charge is 0.351 e. The highest BCUT2D eigenvalue weighted by Gasteiger charge is 2.24. The van der Waals surface area contributed by atoms with Gasteiger partial charge in [0.05, 0.1) is 5.56 Å². The highest BCUT2D eigenvalue weighted by molar-refractivity contribution is 5.95. The van der Waals surface area contributed by atoms with Crippen LogP contribution in [0.2, 0.25) is 0 Å². The van der Waals surface area contributed by atoms with Crippen LogP contribution in [0.1, 0.15) is 40.0 Å². The van der Waals surface area contributed by atoms with Crippen LogP contribution >= 0.6 is 0 Å². The van der Waals surface area contributed by atoms with Gasteiger partial charge in [0.2, 0.25) is 5.91 Å². The molecule has 30 heavy (non-hydrogen) atoms. The van der Waals surface area contributed by atoms with Gasteiger partial charge in [-0.25, -0.2) is 8.78 Å². The number of carbonyl (C=O) groups excluding carboxylic acids is 3. The van der Waals surface area contributed by atoms with E-state index in [1.807, 2.05) is 6.07 Å². The van der Waals surface area contributed by atoms with Crippen LogP contribution in [-0.4, -0.2) is 48.3 Å². The average molecular weight is 415 g/mol. The minimum absolute atomic E-state index is 0.00269. The molecular weight excluding hydrogens is 392 g/mol. The predicted octanol–water partition coefficient (Wildman–Crippen LogP) is 2.51. The van der Waals surface area contributed by atoms with Gasteiger partial charge in [-0.3, -0.25) is 14.4 Å². The number of nitrogens with zero attached hydrogens (tertiary/aromatic N) is 1. The summed E-state index contributed by atoms with van der Waals surface area (Å²) < 4.78 is 26.5. The van der Waals surface area contributed by atoms with Crippen LogP contribution in [0.3, 0.4) is 0 Å². The van der Waals surface area contributed by atoms with Gasteiger partial charge in [-0.05, 0) is 37.1 Å². The first-order chi connectivity index (χ1) is 14.4. The van der Waals surface area contributed by atoms with E-state index >= 15 is 0 Å². The zero-order chi connectivity index (χ0) is 21.5. The Kier molecular flexibility index (Phi) is 7.11. The fourth-order valence-corrected chi connectivity index (χ4v) is 3.34. The normalized spacial score (nSPS) is 14.3. The minimum Gasteiger partial charge on any atom is -0.351 e. The van der Waals surface area contributed by atoms with Gasteiger partial charge in [-0.1, -0.05) is 18.2 Å². The lowest BCUT2D eigenvalue weighted by atomic mass is 10.0. The van der Waals surface area contributed by atoms with Gasteiger partial charge < -0.3 is 15.5 Å². The number of hydrogen-bond donors (Lipinski definition) is 2. The summed E-state index contributed by atoms with van der Waals surface area (Å²) in [6, 6.07) is 11.7. The van der Waals surface area contributed by atoms with E-state index in [1.165, 1.54) is 0 Å². The first-order valence-corrected chi connectivity index (χ1v) is 9.81. The molecule has 1 saturated heterocycles. The molecule has 8 heteroatoms. The maximum Gasteiger partial charge on any atom is 0.254 e. The molecule has 0 saturated carbocycles. The van der Waals surface area contributed by atoms with Crippen LogP contribution in [0.4, 0.5) is 8.78 Å². The first kappa shape index (κ1) is 21.4. The highest BCUT2D eigenvalue weighted by atomic mass is 19.1. The molecule has 2 N–H and O–H groups in total. The van der Waals surface area contributed by atoms with Crippen LogP contribution in [0.15, 0.2) is 48.5 Å². The van der Waals surface area contributed by atoms with Gasteiger partial charge in [-0.2, -0.15) is 0 Å². The first-order valence-electron chi connectivity index (χ1n) is 9.81. The quantitative estimate of drug-likeness (QED) is 0.761. The lowest BCUT2D eigenvalue weighted by Gasteiger charge is -2.32. The lowest BCUT2D eigenvalue weighted by molar-refractivity contribution is -0.132. The van der Waals surface area contributed by atoms with Gasteiger partial charge in [0.25, 0.3) is 11.8 Å². The molecule has 1 fully saturated rings. The molecule has 2 aromatic carbocycles. The highest BCUT2D eigenvalue weighted by Crippen LogP contribution is 2.13. The van der Waals surface area contributed by atoms with Gasteiger partial charge in [0.15, 0.2) is 0 Å². The van der Waals surface area contributed by atoms with E-state index in [0.29, 0.717) is 37.6 Å². The standard InChI is InChI=1S/C22H23F2N3O3/c23-16-6-7-18(19(24)14-16)22(30)25-11-8-20(28)27-12-9-17(10-13-27)26-21(29)15-4-2-1-3-5-15/h1-7,14,17H,8-13H2,(H,25,30)(H,26,29). The van der Waals surface area contributed by atoms with E-state index in [-0.39, 0.29) is 36.4 Å². The Balaban J connectivity index is 1.39. The van der Waals surface area contributed by atoms with E-state index in [9.17, 15) is 23.2 Å². The number of halogens is 2. The number of rotatable bonds is 6. The Morgan fingerprint density at radius 2 is 1.67 bits per heavy atom. The fraction of sp³-hybridized carbons (Fsp3) is 0.318. The van der Waals surface area contributed by atoms with E-state index in [4.69, 9.17) is 0 Å². The summed E-state index contributed by atoms with van der Waals surface area (Å²) in [5, 5.41) is 5.46. The molecular formula is C22H23F2N3O3. The SMILES string of the molecule is O=C(NC1CCN(C(=O)CCNC(=O)c2ccc(F)cc2F)CC1)c1ccccc1. The molecule has 3 amide bonds. The van der Waals surface area contributed by atoms with Crippen LogP contribution in [0.25, 0.3) is 0 Å². The maximum atomic E-state index is 13.6. The topological polar surface area (TPSA) is 78.5 Å². The Bertz CT molecular complexity index is 913. The van der Waals surface area contributed by atoms with Gasteiger partial charge in [-0.15, -0.1) is 0 Å². The second kappa shape index (κ2) is 9.96. The minimum atomic E-state index is -0.946. The number of nitrogens with one attached hydrogen (secondary N) is 2. The number of hydrogen-bond acceptors (Lipinski definition) is 3. The molecule has 2 aromatic rings. The second-order valence-corrected chi connectivity index (χ2v) is 7.12. The van der Waals surface area contributed by atoms with Gasteiger partial charge in [0.1, 0.15) is 11.6 Å². The molecule has 1 aliphatic heterocycles. The summed E-state index contributed by atoms with van der Waals surface area (Å²) in [6.07, 6.45) is 1.38. The average Bonchev–Trinajstić information content (AvgIpc) is 2.74. The molecule has 0 aliphatic carbocycles. The Labute approximate surface area is 173 Å². The van der Waals surface area contributed by atoms with Gasteiger partial charge >= 0.3 is 0 Å². The Morgan fingerprint density at radius 3 is 2.33 bits per heavy atom. The smallest absolute Gasteiger partial charge is 0.254 e. The van der Waals surface area contributed by atoms with Gasteiger partial charge in [0, 0.05) is 43.7 Å². The Hall–Kier alpha value is -3.29. The van der Waals surface area contributed by atoms with Crippen molar-refractivity contribution >= 4 is 17.7 Å². The maximum absolute atomic E-state index is 13.6. The second-order valence-electron chi connectivity index (χ2n) is 7.12. The summed E-state index contributed by atoms with van der Waals surface area (Å²) in [4.78, 5) is 38.2. The number of likely N-dealkylation sites (tertiary alicyclic amines) is 1. The molecule has 0 aromatic heterocycles. The van der Waals surface area contributed by atoms with E-state index in [1.54, 1.807) is 29.2 Å². The number of amides is 3. The molecule has 3 rings (SSSR count). The van der Waals surface area contributed by atoms with Crippen LogP contribution < -0.4 is 10.6 Å². The van der Waals surface area contributed by atoms with Crippen molar-refractivity contribution in [2.24, 2.45) is 0 Å². The number of piperidine rings is 1. The third kappa shape index (κ3) is 5.62. The predicted molar refractivity (Wildman–Crippen MR) is 107 cm³/mol. The molecule has 0 bridgehead atoms. The van der Waals surface area contributed by atoms with E-state index in [2.05, 4.69) is 10.6 Å². The summed E-state index contributed by atoms with van der Waals surface area (Å²) in [6.45, 7) is 1.08. The summed E-state index contributed by atoms with van der Waals surface area (Å²) in [5.74, 6) is -2.65. The van der Waals surface area contributed by atoms with Crippen LogP contribution in [0, 0.1) is 11.6 Å². The number of benzene rings is 2. The van der Waals surface area contributed by atoms with Crippen molar-refractivity contribution in [1.29, 1.82) is 0 Å². The molecule has 6 nitrogen and oxygen atoms in total.